The van der Waals surface area contributed by atoms with E-state index in [-0.39, 0.29) is 0 Å². The van der Waals surface area contributed by atoms with Gasteiger partial charge in [0.1, 0.15) is 0 Å². The van der Waals surface area contributed by atoms with E-state index in [1.807, 2.05) is 18.4 Å². The molecule has 1 fully saturated rings. The van der Waals surface area contributed by atoms with Gasteiger partial charge in [0, 0.05) is 20.8 Å². The predicted octanol–water partition coefficient (Wildman–Crippen LogP) is 5.00. The Bertz CT molecular complexity index is 397. The monoisotopic (exact) mass is 327 g/mol. The van der Waals surface area contributed by atoms with Crippen LogP contribution in [0.4, 0.5) is 0 Å². The molecule has 1 N–H and O–H groups in total. The molecule has 0 spiro atoms. The Morgan fingerprint density at radius 3 is 2.72 bits per heavy atom. The summed E-state index contributed by atoms with van der Waals surface area (Å²) in [6.07, 6.45) is 9.39. The van der Waals surface area contributed by atoms with Crippen LogP contribution in [0.2, 0.25) is 0 Å². The SMILES string of the molecule is CNCC(=Cc1cc(Br)c(C)s1)C1CCCCC1. The van der Waals surface area contributed by atoms with Gasteiger partial charge in [-0.2, -0.15) is 0 Å². The highest BCUT2D eigenvalue weighted by molar-refractivity contribution is 9.10. The van der Waals surface area contributed by atoms with Gasteiger partial charge in [-0.15, -0.1) is 11.3 Å². The maximum Gasteiger partial charge on any atom is 0.0317 e. The molecule has 0 saturated heterocycles. The van der Waals surface area contributed by atoms with Crippen molar-refractivity contribution < 1.29 is 0 Å². The molecule has 3 heteroatoms. The lowest BCUT2D eigenvalue weighted by atomic mass is 9.83. The molecule has 1 aromatic heterocycles. The highest BCUT2D eigenvalue weighted by Gasteiger charge is 2.17. The van der Waals surface area contributed by atoms with E-state index in [9.17, 15) is 0 Å². The summed E-state index contributed by atoms with van der Waals surface area (Å²) in [5, 5.41) is 3.33. The van der Waals surface area contributed by atoms with Gasteiger partial charge in [-0.05, 0) is 60.8 Å². The molecule has 0 radical (unpaired) electrons. The van der Waals surface area contributed by atoms with E-state index in [1.165, 1.54) is 46.3 Å². The topological polar surface area (TPSA) is 12.0 Å². The molecule has 18 heavy (non-hydrogen) atoms. The van der Waals surface area contributed by atoms with E-state index in [2.05, 4.69) is 40.3 Å². The van der Waals surface area contributed by atoms with Crippen molar-refractivity contribution in [1.82, 2.24) is 5.32 Å². The molecule has 2 rings (SSSR count). The lowest BCUT2D eigenvalue weighted by Gasteiger charge is -2.24. The van der Waals surface area contributed by atoms with Gasteiger partial charge in [-0.1, -0.05) is 24.8 Å². The Morgan fingerprint density at radius 2 is 2.17 bits per heavy atom. The number of hydrogen-bond acceptors (Lipinski definition) is 2. The van der Waals surface area contributed by atoms with Crippen LogP contribution in [0.1, 0.15) is 41.9 Å². The molecule has 1 nitrogen and oxygen atoms in total. The number of hydrogen-bond donors (Lipinski definition) is 1. The molecule has 1 saturated carbocycles. The summed E-state index contributed by atoms with van der Waals surface area (Å²) in [6, 6.07) is 2.25. The van der Waals surface area contributed by atoms with Gasteiger partial charge in [-0.25, -0.2) is 0 Å². The Labute approximate surface area is 123 Å². The number of halogens is 1. The van der Waals surface area contributed by atoms with Crippen molar-refractivity contribution in [1.29, 1.82) is 0 Å². The minimum Gasteiger partial charge on any atom is -0.316 e. The molecular formula is C15H22BrNS. The maximum atomic E-state index is 3.61. The van der Waals surface area contributed by atoms with E-state index in [4.69, 9.17) is 0 Å². The van der Waals surface area contributed by atoms with Crippen LogP contribution in [0.25, 0.3) is 6.08 Å². The van der Waals surface area contributed by atoms with Gasteiger partial charge >= 0.3 is 0 Å². The first-order valence-corrected chi connectivity index (χ1v) is 8.42. The summed E-state index contributed by atoms with van der Waals surface area (Å²) >= 11 is 5.49. The van der Waals surface area contributed by atoms with Crippen LogP contribution in [0, 0.1) is 12.8 Å². The quantitative estimate of drug-likeness (QED) is 0.820. The lowest BCUT2D eigenvalue weighted by Crippen LogP contribution is -2.18. The standard InChI is InChI=1S/C15H22BrNS/c1-11-15(16)9-14(18-11)8-13(10-17-2)12-6-4-3-5-7-12/h8-9,12,17H,3-7,10H2,1-2H3. The zero-order valence-corrected chi connectivity index (χ0v) is 13.7. The third kappa shape index (κ3) is 3.69. The molecule has 0 aliphatic heterocycles. The van der Waals surface area contributed by atoms with Gasteiger partial charge in [0.05, 0.1) is 0 Å². The highest BCUT2D eigenvalue weighted by atomic mass is 79.9. The van der Waals surface area contributed by atoms with Crippen LogP contribution in [0.3, 0.4) is 0 Å². The minimum absolute atomic E-state index is 0.799. The van der Waals surface area contributed by atoms with Gasteiger partial charge in [-0.3, -0.25) is 0 Å². The van der Waals surface area contributed by atoms with E-state index in [0.717, 1.165) is 12.5 Å². The minimum atomic E-state index is 0.799. The molecular weight excluding hydrogens is 306 g/mol. The highest BCUT2D eigenvalue weighted by Crippen LogP contribution is 2.33. The summed E-state index contributed by atoms with van der Waals surface area (Å²) in [6.45, 7) is 3.20. The van der Waals surface area contributed by atoms with Gasteiger partial charge in [0.15, 0.2) is 0 Å². The van der Waals surface area contributed by atoms with Crippen LogP contribution in [-0.4, -0.2) is 13.6 Å². The first-order chi connectivity index (χ1) is 8.70. The third-order valence-corrected chi connectivity index (χ3v) is 5.80. The fraction of sp³-hybridized carbons (Fsp3) is 0.600. The zero-order chi connectivity index (χ0) is 13.0. The smallest absolute Gasteiger partial charge is 0.0317 e. The number of rotatable bonds is 4. The van der Waals surface area contributed by atoms with Crippen molar-refractivity contribution >= 4 is 33.3 Å². The average molecular weight is 328 g/mol. The average Bonchev–Trinajstić information content (AvgIpc) is 2.69. The van der Waals surface area contributed by atoms with Crippen LogP contribution in [0.5, 0.6) is 0 Å². The number of aryl methyl sites for hydroxylation is 1. The second-order valence-electron chi connectivity index (χ2n) is 5.14. The molecule has 1 aromatic rings. The summed E-state index contributed by atoms with van der Waals surface area (Å²) < 4.78 is 1.24. The molecule has 0 atom stereocenters. The Hall–Kier alpha value is -0.120. The second kappa shape index (κ2) is 6.88. The summed E-state index contributed by atoms with van der Waals surface area (Å²) in [7, 11) is 2.05. The number of thiophene rings is 1. The van der Waals surface area contributed by atoms with Crippen molar-refractivity contribution in [2.75, 3.05) is 13.6 Å². The zero-order valence-electron chi connectivity index (χ0n) is 11.3. The molecule has 100 valence electrons. The Morgan fingerprint density at radius 1 is 1.44 bits per heavy atom. The van der Waals surface area contributed by atoms with Crippen molar-refractivity contribution in [2.45, 2.75) is 39.0 Å². The first kappa shape index (κ1) is 14.3. The summed E-state index contributed by atoms with van der Waals surface area (Å²) in [5.41, 5.74) is 1.59. The predicted molar refractivity (Wildman–Crippen MR) is 85.2 cm³/mol. The van der Waals surface area contributed by atoms with Crippen LogP contribution in [-0.2, 0) is 0 Å². The fourth-order valence-electron chi connectivity index (χ4n) is 2.73. The Kier molecular flexibility index (Phi) is 5.46. The van der Waals surface area contributed by atoms with E-state index in [0.29, 0.717) is 0 Å². The number of likely N-dealkylation sites (N-methyl/N-ethyl adjacent to an activating group) is 1. The van der Waals surface area contributed by atoms with Crippen LogP contribution >= 0.6 is 27.3 Å². The largest absolute Gasteiger partial charge is 0.316 e. The first-order valence-electron chi connectivity index (χ1n) is 6.81. The molecule has 0 unspecified atom stereocenters. The second-order valence-corrected chi connectivity index (χ2v) is 7.28. The van der Waals surface area contributed by atoms with Gasteiger partial charge in [0.2, 0.25) is 0 Å². The van der Waals surface area contributed by atoms with Crippen LogP contribution < -0.4 is 5.32 Å². The molecule has 1 aliphatic carbocycles. The molecule has 0 amide bonds. The summed E-state index contributed by atoms with van der Waals surface area (Å²) in [5.74, 6) is 0.799. The molecule has 0 bridgehead atoms. The van der Waals surface area contributed by atoms with Crippen LogP contribution in [0.15, 0.2) is 16.1 Å². The fourth-order valence-corrected chi connectivity index (χ4v) is 4.26. The van der Waals surface area contributed by atoms with Crippen molar-refractivity contribution in [3.63, 3.8) is 0 Å². The molecule has 0 aromatic carbocycles. The van der Waals surface area contributed by atoms with E-state index >= 15 is 0 Å². The molecule has 1 heterocycles. The molecule has 1 aliphatic rings. The lowest BCUT2D eigenvalue weighted by molar-refractivity contribution is 0.398. The van der Waals surface area contributed by atoms with Gasteiger partial charge in [0.25, 0.3) is 0 Å². The van der Waals surface area contributed by atoms with Crippen molar-refractivity contribution in [3.8, 4) is 0 Å². The van der Waals surface area contributed by atoms with Gasteiger partial charge < -0.3 is 5.32 Å². The summed E-state index contributed by atoms with van der Waals surface area (Å²) in [4.78, 5) is 2.75. The Balaban J connectivity index is 2.17. The van der Waals surface area contributed by atoms with Crippen molar-refractivity contribution in [3.05, 3.63) is 25.9 Å². The normalized spacial score (nSPS) is 18.3. The number of nitrogens with one attached hydrogen (secondary N) is 1. The maximum absolute atomic E-state index is 3.61. The van der Waals surface area contributed by atoms with Crippen molar-refractivity contribution in [2.24, 2.45) is 5.92 Å². The van der Waals surface area contributed by atoms with E-state index < -0.39 is 0 Å². The third-order valence-electron chi connectivity index (χ3n) is 3.71. The van der Waals surface area contributed by atoms with E-state index in [1.54, 1.807) is 5.57 Å².